The molecule has 5 heteroatoms. The molecule has 1 N–H and O–H groups in total. The number of rotatable bonds is 1. The van der Waals surface area contributed by atoms with Gasteiger partial charge in [0.25, 0.3) is 0 Å². The number of imide groups is 1. The molecule has 0 aliphatic carbocycles. The third kappa shape index (κ3) is 2.42. The summed E-state index contributed by atoms with van der Waals surface area (Å²) in [7, 11) is 0. The Balaban J connectivity index is 2.07. The van der Waals surface area contributed by atoms with Crippen molar-refractivity contribution >= 4 is 33.8 Å². The minimum absolute atomic E-state index is 0.0407. The van der Waals surface area contributed by atoms with E-state index in [4.69, 9.17) is 0 Å². The van der Waals surface area contributed by atoms with Crippen LogP contribution in [0.5, 0.6) is 0 Å². The maximum Gasteiger partial charge on any atom is 0.249 e. The van der Waals surface area contributed by atoms with Gasteiger partial charge in [-0.1, -0.05) is 32.9 Å². The van der Waals surface area contributed by atoms with Gasteiger partial charge >= 0.3 is 0 Å². The van der Waals surface area contributed by atoms with E-state index in [-0.39, 0.29) is 17.2 Å². The summed E-state index contributed by atoms with van der Waals surface area (Å²) >= 11 is 0. The van der Waals surface area contributed by atoms with Crippen molar-refractivity contribution in [1.29, 1.82) is 0 Å². The fraction of sp³-hybridized carbons (Fsp3) is 0.350. The van der Waals surface area contributed by atoms with Gasteiger partial charge < -0.3 is 4.57 Å². The molecule has 1 aliphatic rings. The van der Waals surface area contributed by atoms with Crippen LogP contribution in [0.4, 0.5) is 0 Å². The summed E-state index contributed by atoms with van der Waals surface area (Å²) in [6, 6.07) is 9.70. The zero-order valence-corrected chi connectivity index (χ0v) is 14.7. The molecule has 1 unspecified atom stereocenters. The number of carbonyl (C=O) groups is 2. The second kappa shape index (κ2) is 5.41. The summed E-state index contributed by atoms with van der Waals surface area (Å²) < 4.78 is 2.05. The molecular weight excluding hydrogens is 314 g/mol. The summed E-state index contributed by atoms with van der Waals surface area (Å²) in [5.74, 6) is -0.435. The number of pyridine rings is 1. The molecule has 128 valence electrons. The van der Waals surface area contributed by atoms with E-state index in [0.29, 0.717) is 12.8 Å². The lowest BCUT2D eigenvalue weighted by Gasteiger charge is -2.24. The minimum atomic E-state index is -0.392. The number of fused-ring (bicyclic) bond motifs is 3. The van der Waals surface area contributed by atoms with Gasteiger partial charge in [-0.05, 0) is 35.6 Å². The Labute approximate surface area is 146 Å². The number of piperidine rings is 1. The summed E-state index contributed by atoms with van der Waals surface area (Å²) in [5, 5.41) is 3.57. The molecule has 2 amide bonds. The van der Waals surface area contributed by atoms with Crippen LogP contribution >= 0.6 is 0 Å². The Morgan fingerprint density at radius 3 is 2.60 bits per heavy atom. The average molecular weight is 335 g/mol. The van der Waals surface area contributed by atoms with Crippen molar-refractivity contribution in [3.05, 3.63) is 42.1 Å². The standard InChI is InChI=1S/C20H21N3O2/c1-20(2,3)12-6-4-7-13-17(12)18-14(8-5-11-21-18)23(13)15-9-10-16(24)22-19(15)25/h4-8,11,15H,9-10H2,1-3H3,(H,22,24,25). The SMILES string of the molecule is CC(C)(C)c1cccc2c1c1ncccc1n2C1CCC(=O)NC1=O. The van der Waals surface area contributed by atoms with E-state index in [1.54, 1.807) is 6.20 Å². The second-order valence-corrected chi connectivity index (χ2v) is 7.66. The number of hydrogen-bond donors (Lipinski definition) is 1. The Morgan fingerprint density at radius 1 is 1.12 bits per heavy atom. The van der Waals surface area contributed by atoms with E-state index in [1.807, 2.05) is 24.3 Å². The third-order valence-corrected chi connectivity index (χ3v) is 4.91. The first kappa shape index (κ1) is 15.8. The monoisotopic (exact) mass is 335 g/mol. The van der Waals surface area contributed by atoms with Crippen LogP contribution < -0.4 is 5.32 Å². The van der Waals surface area contributed by atoms with E-state index in [0.717, 1.165) is 21.9 Å². The first-order valence-electron chi connectivity index (χ1n) is 8.60. The third-order valence-electron chi connectivity index (χ3n) is 4.91. The summed E-state index contributed by atoms with van der Waals surface area (Å²) in [6.45, 7) is 6.54. The van der Waals surface area contributed by atoms with Gasteiger partial charge in [0.15, 0.2) is 0 Å². The molecule has 1 aliphatic heterocycles. The van der Waals surface area contributed by atoms with Gasteiger partial charge in [-0.25, -0.2) is 0 Å². The van der Waals surface area contributed by atoms with E-state index in [1.165, 1.54) is 5.56 Å². The number of benzene rings is 1. The van der Waals surface area contributed by atoms with Crippen LogP contribution in [-0.4, -0.2) is 21.4 Å². The highest BCUT2D eigenvalue weighted by molar-refractivity contribution is 6.10. The normalized spacial score (nSPS) is 18.8. The number of amides is 2. The van der Waals surface area contributed by atoms with Crippen molar-refractivity contribution in [2.75, 3.05) is 0 Å². The van der Waals surface area contributed by atoms with E-state index >= 15 is 0 Å². The van der Waals surface area contributed by atoms with Crippen LogP contribution in [0, 0.1) is 0 Å². The molecule has 0 saturated carbocycles. The van der Waals surface area contributed by atoms with E-state index in [9.17, 15) is 9.59 Å². The molecule has 2 aromatic heterocycles. The molecule has 4 rings (SSSR count). The Kier molecular flexibility index (Phi) is 3.42. The Bertz CT molecular complexity index is 1010. The quantitative estimate of drug-likeness (QED) is 0.693. The molecule has 1 atom stereocenters. The molecule has 1 aromatic carbocycles. The molecular formula is C20H21N3O2. The maximum absolute atomic E-state index is 12.5. The van der Waals surface area contributed by atoms with Gasteiger partial charge in [0, 0.05) is 18.0 Å². The van der Waals surface area contributed by atoms with Crippen molar-refractivity contribution in [3.8, 4) is 0 Å². The molecule has 0 radical (unpaired) electrons. The number of nitrogens with one attached hydrogen (secondary N) is 1. The molecule has 25 heavy (non-hydrogen) atoms. The smallest absolute Gasteiger partial charge is 0.249 e. The van der Waals surface area contributed by atoms with Crippen LogP contribution in [0.3, 0.4) is 0 Å². The molecule has 5 nitrogen and oxygen atoms in total. The minimum Gasteiger partial charge on any atom is -0.326 e. The average Bonchev–Trinajstić information content (AvgIpc) is 2.89. The predicted molar refractivity (Wildman–Crippen MR) is 97.4 cm³/mol. The topological polar surface area (TPSA) is 64.0 Å². The van der Waals surface area contributed by atoms with Gasteiger partial charge in [0.05, 0.1) is 16.6 Å². The van der Waals surface area contributed by atoms with Crippen LogP contribution in [0.2, 0.25) is 0 Å². The van der Waals surface area contributed by atoms with Crippen molar-refractivity contribution in [2.24, 2.45) is 0 Å². The van der Waals surface area contributed by atoms with E-state index in [2.05, 4.69) is 41.7 Å². The molecule has 3 heterocycles. The second-order valence-electron chi connectivity index (χ2n) is 7.66. The van der Waals surface area contributed by atoms with E-state index < -0.39 is 6.04 Å². The zero-order valence-electron chi connectivity index (χ0n) is 14.7. The highest BCUT2D eigenvalue weighted by Gasteiger charge is 2.31. The summed E-state index contributed by atoms with van der Waals surface area (Å²) in [4.78, 5) is 28.7. The fourth-order valence-electron chi connectivity index (χ4n) is 3.79. The fourth-order valence-corrected chi connectivity index (χ4v) is 3.79. The van der Waals surface area contributed by atoms with Crippen molar-refractivity contribution in [3.63, 3.8) is 0 Å². The lowest BCUT2D eigenvalue weighted by Crippen LogP contribution is -2.41. The summed E-state index contributed by atoms with van der Waals surface area (Å²) in [6.07, 6.45) is 2.66. The van der Waals surface area contributed by atoms with Gasteiger partial charge in [-0.15, -0.1) is 0 Å². The molecule has 0 bridgehead atoms. The molecule has 1 saturated heterocycles. The number of hydrogen-bond acceptors (Lipinski definition) is 3. The van der Waals surface area contributed by atoms with Crippen molar-refractivity contribution in [1.82, 2.24) is 14.9 Å². The number of aromatic nitrogens is 2. The highest BCUT2D eigenvalue weighted by Crippen LogP contribution is 2.38. The van der Waals surface area contributed by atoms with Crippen molar-refractivity contribution in [2.45, 2.75) is 45.1 Å². The Hall–Kier alpha value is -2.69. The predicted octanol–water partition coefficient (Wildman–Crippen LogP) is 3.46. The first-order valence-corrected chi connectivity index (χ1v) is 8.60. The van der Waals surface area contributed by atoms with Crippen LogP contribution in [-0.2, 0) is 15.0 Å². The lowest BCUT2D eigenvalue weighted by atomic mass is 9.84. The Morgan fingerprint density at radius 2 is 1.88 bits per heavy atom. The zero-order chi connectivity index (χ0) is 17.8. The molecule has 3 aromatic rings. The van der Waals surface area contributed by atoms with Crippen LogP contribution in [0.25, 0.3) is 21.9 Å². The largest absolute Gasteiger partial charge is 0.326 e. The van der Waals surface area contributed by atoms with Gasteiger partial charge in [0.2, 0.25) is 11.8 Å². The molecule has 0 spiro atoms. The van der Waals surface area contributed by atoms with Crippen LogP contribution in [0.15, 0.2) is 36.5 Å². The molecule has 1 fully saturated rings. The maximum atomic E-state index is 12.5. The first-order chi connectivity index (χ1) is 11.9. The van der Waals surface area contributed by atoms with Crippen molar-refractivity contribution < 1.29 is 9.59 Å². The van der Waals surface area contributed by atoms with Gasteiger partial charge in [0.1, 0.15) is 6.04 Å². The van der Waals surface area contributed by atoms with Crippen LogP contribution in [0.1, 0.15) is 45.2 Å². The number of nitrogens with zero attached hydrogens (tertiary/aromatic N) is 2. The lowest BCUT2D eigenvalue weighted by molar-refractivity contribution is -0.135. The number of carbonyl (C=O) groups excluding carboxylic acids is 2. The van der Waals surface area contributed by atoms with Gasteiger partial charge in [-0.3, -0.25) is 19.9 Å². The summed E-state index contributed by atoms with van der Waals surface area (Å²) in [5.41, 5.74) is 4.01. The highest BCUT2D eigenvalue weighted by atomic mass is 16.2. The van der Waals surface area contributed by atoms with Gasteiger partial charge in [-0.2, -0.15) is 0 Å².